The van der Waals surface area contributed by atoms with Crippen molar-refractivity contribution in [2.45, 2.75) is 19.8 Å². The third-order valence-electron chi connectivity index (χ3n) is 3.59. The van der Waals surface area contributed by atoms with Crippen LogP contribution in [0.2, 0.25) is 0 Å². The molecule has 1 N–H and O–H groups in total. The molecule has 4 nitrogen and oxygen atoms in total. The van der Waals surface area contributed by atoms with Gasteiger partial charge in [0.15, 0.2) is 0 Å². The summed E-state index contributed by atoms with van der Waals surface area (Å²) in [5.74, 6) is -2.13. The average molecular weight is 296 g/mol. The first kappa shape index (κ1) is 15.4. The second-order valence-corrected chi connectivity index (χ2v) is 5.39. The van der Waals surface area contributed by atoms with E-state index >= 15 is 0 Å². The number of hydrogen-bond acceptors (Lipinski definition) is 2. The molecule has 1 aromatic rings. The number of nitrogens with zero attached hydrogens (tertiary/aromatic N) is 1. The van der Waals surface area contributed by atoms with E-state index in [9.17, 15) is 18.4 Å². The van der Waals surface area contributed by atoms with Crippen LogP contribution in [-0.2, 0) is 4.79 Å². The van der Waals surface area contributed by atoms with Gasteiger partial charge in [-0.05, 0) is 30.9 Å². The number of nitrogens with one attached hydrogen (secondary N) is 1. The van der Waals surface area contributed by atoms with Crippen molar-refractivity contribution in [3.05, 3.63) is 35.4 Å². The van der Waals surface area contributed by atoms with Crippen LogP contribution in [0.5, 0.6) is 0 Å². The zero-order chi connectivity index (χ0) is 15.4. The molecule has 0 saturated carbocycles. The number of piperidine rings is 1. The largest absolute Gasteiger partial charge is 0.343 e. The van der Waals surface area contributed by atoms with Crippen molar-refractivity contribution in [3.8, 4) is 0 Å². The molecule has 1 aliphatic heterocycles. The number of carbonyl (C=O) groups excluding carboxylic acids is 2. The number of hydrogen-bond donors (Lipinski definition) is 1. The fraction of sp³-hybridized carbons (Fsp3) is 0.467. The first-order valence-electron chi connectivity index (χ1n) is 6.98. The summed E-state index contributed by atoms with van der Waals surface area (Å²) in [6.45, 7) is 3.26. The molecule has 1 aliphatic rings. The van der Waals surface area contributed by atoms with E-state index in [1.54, 1.807) is 4.90 Å². The third kappa shape index (κ3) is 4.00. The van der Waals surface area contributed by atoms with Gasteiger partial charge in [-0.15, -0.1) is 0 Å². The van der Waals surface area contributed by atoms with Crippen molar-refractivity contribution >= 4 is 11.8 Å². The Labute approximate surface area is 122 Å². The summed E-state index contributed by atoms with van der Waals surface area (Å²) >= 11 is 0. The number of amides is 2. The topological polar surface area (TPSA) is 49.4 Å². The second-order valence-electron chi connectivity index (χ2n) is 5.39. The number of rotatable bonds is 3. The molecule has 0 bridgehead atoms. The van der Waals surface area contributed by atoms with Crippen molar-refractivity contribution in [2.24, 2.45) is 5.92 Å². The Bertz CT molecular complexity index is 548. The number of carbonyl (C=O) groups is 2. The predicted octanol–water partition coefficient (Wildman–Crippen LogP) is 1.95. The van der Waals surface area contributed by atoms with E-state index in [0.717, 1.165) is 25.0 Å². The summed E-state index contributed by atoms with van der Waals surface area (Å²) in [6.07, 6.45) is 2.05. The van der Waals surface area contributed by atoms with Gasteiger partial charge in [-0.25, -0.2) is 8.78 Å². The minimum atomic E-state index is -0.938. The molecule has 1 fully saturated rings. The lowest BCUT2D eigenvalue weighted by Crippen LogP contribution is -2.44. The molecule has 1 heterocycles. The van der Waals surface area contributed by atoms with E-state index < -0.39 is 17.5 Å². The van der Waals surface area contributed by atoms with Gasteiger partial charge in [0, 0.05) is 19.2 Å². The van der Waals surface area contributed by atoms with Gasteiger partial charge in [-0.1, -0.05) is 6.92 Å². The minimum absolute atomic E-state index is 0.178. The van der Waals surface area contributed by atoms with Gasteiger partial charge in [-0.3, -0.25) is 9.59 Å². The monoisotopic (exact) mass is 296 g/mol. The molecule has 0 radical (unpaired) electrons. The van der Waals surface area contributed by atoms with Crippen LogP contribution in [0.4, 0.5) is 8.78 Å². The van der Waals surface area contributed by atoms with Crippen LogP contribution in [0.25, 0.3) is 0 Å². The Morgan fingerprint density at radius 3 is 2.81 bits per heavy atom. The fourth-order valence-electron chi connectivity index (χ4n) is 2.45. The number of likely N-dealkylation sites (tertiary alicyclic amines) is 1. The zero-order valence-corrected chi connectivity index (χ0v) is 11.9. The Morgan fingerprint density at radius 2 is 2.14 bits per heavy atom. The minimum Gasteiger partial charge on any atom is -0.343 e. The van der Waals surface area contributed by atoms with Crippen LogP contribution in [-0.4, -0.2) is 36.3 Å². The molecule has 1 unspecified atom stereocenters. The Balaban J connectivity index is 1.90. The van der Waals surface area contributed by atoms with Crippen LogP contribution in [0.1, 0.15) is 30.1 Å². The number of halogens is 2. The van der Waals surface area contributed by atoms with Crippen LogP contribution in [0.15, 0.2) is 18.2 Å². The van der Waals surface area contributed by atoms with Crippen molar-refractivity contribution in [1.29, 1.82) is 0 Å². The quantitative estimate of drug-likeness (QED) is 0.927. The summed E-state index contributed by atoms with van der Waals surface area (Å²) in [4.78, 5) is 25.5. The Hall–Kier alpha value is -1.98. The van der Waals surface area contributed by atoms with E-state index in [4.69, 9.17) is 0 Å². The second kappa shape index (κ2) is 6.65. The van der Waals surface area contributed by atoms with Crippen LogP contribution >= 0.6 is 0 Å². The van der Waals surface area contributed by atoms with E-state index in [1.807, 2.05) is 0 Å². The van der Waals surface area contributed by atoms with E-state index in [0.29, 0.717) is 25.1 Å². The van der Waals surface area contributed by atoms with Gasteiger partial charge >= 0.3 is 0 Å². The highest BCUT2D eigenvalue weighted by Gasteiger charge is 2.21. The molecule has 0 spiro atoms. The zero-order valence-electron chi connectivity index (χ0n) is 11.9. The van der Waals surface area contributed by atoms with Crippen LogP contribution in [0, 0.1) is 17.6 Å². The summed E-state index contributed by atoms with van der Waals surface area (Å²) in [5, 5.41) is 2.38. The lowest BCUT2D eigenvalue weighted by molar-refractivity contribution is -0.131. The fourth-order valence-corrected chi connectivity index (χ4v) is 2.45. The maximum absolute atomic E-state index is 13.4. The molecule has 6 heteroatoms. The highest BCUT2D eigenvalue weighted by Crippen LogP contribution is 2.15. The van der Waals surface area contributed by atoms with Gasteiger partial charge < -0.3 is 10.2 Å². The van der Waals surface area contributed by atoms with Gasteiger partial charge in [-0.2, -0.15) is 0 Å². The molecule has 2 amide bonds. The van der Waals surface area contributed by atoms with Crippen molar-refractivity contribution < 1.29 is 18.4 Å². The van der Waals surface area contributed by atoms with Crippen molar-refractivity contribution in [3.63, 3.8) is 0 Å². The molecule has 114 valence electrons. The van der Waals surface area contributed by atoms with Gasteiger partial charge in [0.2, 0.25) is 5.91 Å². The molecule has 1 atom stereocenters. The maximum atomic E-state index is 13.4. The molecule has 0 aromatic heterocycles. The van der Waals surface area contributed by atoms with Crippen molar-refractivity contribution in [1.82, 2.24) is 10.2 Å². The summed E-state index contributed by atoms with van der Waals surface area (Å²) in [5.41, 5.74) is -0.267. The smallest absolute Gasteiger partial charge is 0.254 e. The standard InChI is InChI=1S/C15H18F2N2O2/c1-10-3-2-6-19(9-10)14(20)8-18-15(21)12-5-4-11(16)7-13(12)17/h4-5,7,10H,2-3,6,8-9H2,1H3,(H,18,21). The lowest BCUT2D eigenvalue weighted by atomic mass is 10.0. The molecule has 0 aliphatic carbocycles. The molecule has 1 aromatic carbocycles. The predicted molar refractivity (Wildman–Crippen MR) is 73.7 cm³/mol. The molecular weight excluding hydrogens is 278 g/mol. The normalized spacial score (nSPS) is 18.4. The molecule has 2 rings (SSSR count). The molecular formula is C15H18F2N2O2. The summed E-state index contributed by atoms with van der Waals surface area (Å²) < 4.78 is 26.2. The third-order valence-corrected chi connectivity index (χ3v) is 3.59. The van der Waals surface area contributed by atoms with Crippen molar-refractivity contribution in [2.75, 3.05) is 19.6 Å². The van der Waals surface area contributed by atoms with E-state index in [2.05, 4.69) is 12.2 Å². The highest BCUT2D eigenvalue weighted by atomic mass is 19.1. The summed E-state index contributed by atoms with van der Waals surface area (Å²) in [6, 6.07) is 2.71. The molecule has 21 heavy (non-hydrogen) atoms. The Kier molecular flexibility index (Phi) is 4.88. The Morgan fingerprint density at radius 1 is 1.38 bits per heavy atom. The average Bonchev–Trinajstić information content (AvgIpc) is 2.44. The van der Waals surface area contributed by atoms with Crippen LogP contribution < -0.4 is 5.32 Å². The lowest BCUT2D eigenvalue weighted by Gasteiger charge is -2.31. The summed E-state index contributed by atoms with van der Waals surface area (Å²) in [7, 11) is 0. The first-order valence-corrected chi connectivity index (χ1v) is 6.98. The maximum Gasteiger partial charge on any atom is 0.254 e. The molecule has 1 saturated heterocycles. The van der Waals surface area contributed by atoms with Crippen LogP contribution in [0.3, 0.4) is 0 Å². The number of benzene rings is 1. The highest BCUT2D eigenvalue weighted by molar-refractivity contribution is 5.96. The van der Waals surface area contributed by atoms with Gasteiger partial charge in [0.25, 0.3) is 5.91 Å². The first-order chi connectivity index (χ1) is 9.97. The van der Waals surface area contributed by atoms with E-state index in [-0.39, 0.29) is 18.0 Å². The van der Waals surface area contributed by atoms with Gasteiger partial charge in [0.05, 0.1) is 12.1 Å². The van der Waals surface area contributed by atoms with E-state index in [1.165, 1.54) is 0 Å². The van der Waals surface area contributed by atoms with Gasteiger partial charge in [0.1, 0.15) is 11.6 Å². The SMILES string of the molecule is CC1CCCN(C(=O)CNC(=O)c2ccc(F)cc2F)C1.